The van der Waals surface area contributed by atoms with Gasteiger partial charge in [-0.1, -0.05) is 45.8 Å². The number of carbonyl (C=O) groups excluding carboxylic acids is 1. The molecular formula is C21H40N2O2. The van der Waals surface area contributed by atoms with Crippen molar-refractivity contribution in [2.75, 3.05) is 6.54 Å². The zero-order chi connectivity index (χ0) is 18.7. The first-order chi connectivity index (χ1) is 12.0. The Hall–Kier alpha value is -0.710. The minimum atomic E-state index is -0.453. The van der Waals surface area contributed by atoms with Crippen LogP contribution < -0.4 is 10.6 Å². The number of allylic oxidation sites excluding steroid dienone is 2. The minimum Gasteiger partial charge on any atom is -0.379 e. The highest BCUT2D eigenvalue weighted by Gasteiger charge is 2.24. The van der Waals surface area contributed by atoms with Gasteiger partial charge in [0.1, 0.15) is 12.0 Å². The van der Waals surface area contributed by atoms with E-state index < -0.39 is 6.23 Å². The molecule has 0 bridgehead atoms. The summed E-state index contributed by atoms with van der Waals surface area (Å²) in [4.78, 5) is 12.0. The largest absolute Gasteiger partial charge is 0.379 e. The summed E-state index contributed by atoms with van der Waals surface area (Å²) in [6, 6.07) is 0.114. The van der Waals surface area contributed by atoms with E-state index in [0.29, 0.717) is 11.8 Å². The number of carbonyl (C=O) groups is 1. The lowest BCUT2D eigenvalue weighted by molar-refractivity contribution is -0.120. The predicted octanol–water partition coefficient (Wildman–Crippen LogP) is 3.79. The molecule has 0 spiro atoms. The normalized spacial score (nSPS) is 22.4. The van der Waals surface area contributed by atoms with Crippen molar-refractivity contribution in [2.24, 2.45) is 11.8 Å². The van der Waals surface area contributed by atoms with Gasteiger partial charge in [0.15, 0.2) is 0 Å². The molecule has 1 aliphatic rings. The molecule has 0 saturated heterocycles. The second-order valence-corrected chi connectivity index (χ2v) is 7.79. The van der Waals surface area contributed by atoms with Crippen LogP contribution in [0.2, 0.25) is 0 Å². The highest BCUT2D eigenvalue weighted by Crippen LogP contribution is 2.23. The van der Waals surface area contributed by atoms with Crippen molar-refractivity contribution < 1.29 is 9.90 Å². The Morgan fingerprint density at radius 3 is 2.64 bits per heavy atom. The summed E-state index contributed by atoms with van der Waals surface area (Å²) in [5, 5.41) is 17.2. The van der Waals surface area contributed by atoms with Gasteiger partial charge in [-0.15, -0.1) is 0 Å². The minimum absolute atomic E-state index is 0.0895. The van der Waals surface area contributed by atoms with Crippen LogP contribution in [0.25, 0.3) is 0 Å². The molecule has 0 radical (unpaired) electrons. The van der Waals surface area contributed by atoms with E-state index in [-0.39, 0.29) is 17.9 Å². The van der Waals surface area contributed by atoms with E-state index in [4.69, 9.17) is 0 Å². The molecule has 0 heterocycles. The molecule has 3 N–H and O–H groups in total. The topological polar surface area (TPSA) is 61.4 Å². The molecule has 5 atom stereocenters. The van der Waals surface area contributed by atoms with Crippen molar-refractivity contribution in [3.05, 3.63) is 12.2 Å². The molecule has 1 rings (SSSR count). The van der Waals surface area contributed by atoms with Crippen LogP contribution in [-0.4, -0.2) is 35.7 Å². The third-order valence-corrected chi connectivity index (χ3v) is 5.49. The Balaban J connectivity index is 2.61. The molecule has 0 amide bonds. The molecule has 1 aliphatic carbocycles. The summed E-state index contributed by atoms with van der Waals surface area (Å²) in [6.07, 6.45) is 12.6. The first-order valence-corrected chi connectivity index (χ1v) is 10.3. The zero-order valence-electron chi connectivity index (χ0n) is 16.8. The molecule has 4 nitrogen and oxygen atoms in total. The van der Waals surface area contributed by atoms with Crippen molar-refractivity contribution in [1.29, 1.82) is 0 Å². The number of hydrogen-bond acceptors (Lipinski definition) is 4. The average Bonchev–Trinajstić information content (AvgIpc) is 2.60. The number of ketones is 1. The molecule has 25 heavy (non-hydrogen) atoms. The Morgan fingerprint density at radius 1 is 1.32 bits per heavy atom. The summed E-state index contributed by atoms with van der Waals surface area (Å²) in [5.74, 6) is 1.21. The average molecular weight is 353 g/mol. The maximum absolute atomic E-state index is 12.0. The highest BCUT2D eigenvalue weighted by molar-refractivity contribution is 5.81. The van der Waals surface area contributed by atoms with Crippen LogP contribution in [0.3, 0.4) is 0 Å². The van der Waals surface area contributed by atoms with Crippen molar-refractivity contribution in [3.8, 4) is 0 Å². The third-order valence-electron chi connectivity index (χ3n) is 5.49. The molecule has 0 aromatic rings. The monoisotopic (exact) mass is 352 g/mol. The fourth-order valence-corrected chi connectivity index (χ4v) is 3.69. The van der Waals surface area contributed by atoms with Crippen molar-refractivity contribution >= 4 is 5.78 Å². The van der Waals surface area contributed by atoms with E-state index in [1.807, 2.05) is 0 Å². The summed E-state index contributed by atoms with van der Waals surface area (Å²) in [6.45, 7) is 8.81. The Morgan fingerprint density at radius 2 is 2.08 bits per heavy atom. The second-order valence-electron chi connectivity index (χ2n) is 7.79. The fourth-order valence-electron chi connectivity index (χ4n) is 3.69. The zero-order valence-corrected chi connectivity index (χ0v) is 16.8. The molecule has 4 heteroatoms. The number of unbranched alkanes of at least 4 members (excludes halogenated alkanes) is 1. The van der Waals surface area contributed by atoms with Gasteiger partial charge in [0.05, 0.1) is 6.04 Å². The van der Waals surface area contributed by atoms with Gasteiger partial charge in [-0.05, 0) is 57.3 Å². The van der Waals surface area contributed by atoms with Gasteiger partial charge in [-0.25, -0.2) is 0 Å². The first-order valence-electron chi connectivity index (χ1n) is 10.3. The number of Topliss-reactive ketones (excluding diaryl/α,β-unsaturated/α-hetero) is 1. The van der Waals surface area contributed by atoms with Crippen LogP contribution in [0.1, 0.15) is 79.1 Å². The Bertz CT molecular complexity index is 397. The van der Waals surface area contributed by atoms with E-state index in [9.17, 15) is 9.90 Å². The summed E-state index contributed by atoms with van der Waals surface area (Å²) < 4.78 is 0. The molecular weight excluding hydrogens is 312 g/mol. The van der Waals surface area contributed by atoms with E-state index in [2.05, 4.69) is 43.6 Å². The first kappa shape index (κ1) is 22.3. The lowest BCUT2D eigenvalue weighted by atomic mass is 9.88. The van der Waals surface area contributed by atoms with Crippen LogP contribution in [0, 0.1) is 11.8 Å². The van der Waals surface area contributed by atoms with Gasteiger partial charge in [0.2, 0.25) is 0 Å². The summed E-state index contributed by atoms with van der Waals surface area (Å²) >= 11 is 0. The van der Waals surface area contributed by atoms with Gasteiger partial charge in [0.25, 0.3) is 0 Å². The SMILES string of the molecule is CCCCC(O)NC(CNC(C(C)=O)C(C)CC)CC1CC=CCC1. The van der Waals surface area contributed by atoms with Crippen molar-refractivity contribution in [1.82, 2.24) is 10.6 Å². The Kier molecular flexibility index (Phi) is 11.3. The van der Waals surface area contributed by atoms with E-state index in [1.165, 1.54) is 6.42 Å². The summed E-state index contributed by atoms with van der Waals surface area (Å²) in [7, 11) is 0. The molecule has 0 aromatic carbocycles. The van der Waals surface area contributed by atoms with Crippen LogP contribution in [0.5, 0.6) is 0 Å². The lowest BCUT2D eigenvalue weighted by Crippen LogP contribution is -2.50. The molecule has 5 unspecified atom stereocenters. The predicted molar refractivity (Wildman–Crippen MR) is 105 cm³/mol. The van der Waals surface area contributed by atoms with E-state index in [1.54, 1.807) is 6.92 Å². The lowest BCUT2D eigenvalue weighted by Gasteiger charge is -2.30. The van der Waals surface area contributed by atoms with Crippen LogP contribution in [0.15, 0.2) is 12.2 Å². The fraction of sp³-hybridized carbons (Fsp3) is 0.857. The molecule has 0 fully saturated rings. The maximum atomic E-state index is 12.0. The number of nitrogens with one attached hydrogen (secondary N) is 2. The van der Waals surface area contributed by atoms with Crippen LogP contribution >= 0.6 is 0 Å². The molecule has 0 saturated carbocycles. The third kappa shape index (κ3) is 8.98. The van der Waals surface area contributed by atoms with E-state index >= 15 is 0 Å². The number of hydrogen-bond donors (Lipinski definition) is 3. The van der Waals surface area contributed by atoms with Crippen LogP contribution in [-0.2, 0) is 4.79 Å². The quantitative estimate of drug-likeness (QED) is 0.349. The van der Waals surface area contributed by atoms with Gasteiger partial charge in [0, 0.05) is 12.6 Å². The Labute approximate surface area is 154 Å². The van der Waals surface area contributed by atoms with E-state index in [0.717, 1.165) is 51.5 Å². The van der Waals surface area contributed by atoms with Crippen LogP contribution in [0.4, 0.5) is 0 Å². The second kappa shape index (κ2) is 12.6. The summed E-state index contributed by atoms with van der Waals surface area (Å²) in [5.41, 5.74) is 0. The number of aliphatic hydroxyl groups excluding tert-OH is 1. The van der Waals surface area contributed by atoms with Crippen molar-refractivity contribution in [2.45, 2.75) is 97.4 Å². The molecule has 0 aliphatic heterocycles. The smallest absolute Gasteiger partial charge is 0.146 e. The van der Waals surface area contributed by atoms with Gasteiger partial charge < -0.3 is 10.4 Å². The van der Waals surface area contributed by atoms with Gasteiger partial charge >= 0.3 is 0 Å². The highest BCUT2D eigenvalue weighted by atomic mass is 16.3. The van der Waals surface area contributed by atoms with Gasteiger partial charge in [-0.2, -0.15) is 0 Å². The molecule has 0 aromatic heterocycles. The van der Waals surface area contributed by atoms with Crippen molar-refractivity contribution in [3.63, 3.8) is 0 Å². The van der Waals surface area contributed by atoms with Gasteiger partial charge in [-0.3, -0.25) is 10.1 Å². The molecule has 146 valence electrons. The standard InChI is InChI=1S/C21H40N2O2/c1-5-7-13-20(25)23-19(14-18-11-9-8-10-12-18)15-22-21(17(4)24)16(3)6-2/h8-9,16,18-23,25H,5-7,10-15H2,1-4H3. The number of rotatable bonds is 13. The number of aliphatic hydroxyl groups is 1. The maximum Gasteiger partial charge on any atom is 0.146 e.